The minimum Gasteiger partial charge on any atom is -0.185 e. The van der Waals surface area contributed by atoms with E-state index in [1.54, 1.807) is 0 Å². The highest BCUT2D eigenvalue weighted by atomic mass is 32.2. The summed E-state index contributed by atoms with van der Waals surface area (Å²) in [6.07, 6.45) is 0. The van der Waals surface area contributed by atoms with E-state index in [1.807, 2.05) is 20.8 Å². The first-order valence-corrected chi connectivity index (χ1v) is 3.50. The first-order chi connectivity index (χ1) is 3.42. The molecule has 0 aromatic heterocycles. The van der Waals surface area contributed by atoms with Crippen LogP contribution in [-0.2, 0) is 10.3 Å². The van der Waals surface area contributed by atoms with Crippen molar-refractivity contribution in [2.75, 3.05) is 0 Å². The Morgan fingerprint density at radius 1 is 1.25 bits per heavy atom. The lowest BCUT2D eigenvalue weighted by Gasteiger charge is -2.06. The van der Waals surface area contributed by atoms with Crippen molar-refractivity contribution in [2.24, 2.45) is 5.41 Å². The van der Waals surface area contributed by atoms with Gasteiger partial charge in [-0.1, -0.05) is 20.8 Å². The van der Waals surface area contributed by atoms with E-state index in [2.05, 4.69) is 0 Å². The minimum atomic E-state index is -2.01. The predicted octanol–water partition coefficient (Wildman–Crippen LogP) is 0.714. The highest BCUT2D eigenvalue weighted by Crippen LogP contribution is 2.06. The topological polar surface area (TPSA) is 34.1 Å². The van der Waals surface area contributed by atoms with Gasteiger partial charge in [-0.05, 0) is 5.41 Å². The Morgan fingerprint density at radius 3 is 1.62 bits per heavy atom. The van der Waals surface area contributed by atoms with Gasteiger partial charge < -0.3 is 0 Å². The van der Waals surface area contributed by atoms with E-state index in [1.165, 1.54) is 5.37 Å². The van der Waals surface area contributed by atoms with Gasteiger partial charge in [-0.15, -0.1) is 0 Å². The maximum Gasteiger partial charge on any atom is 0.210 e. The van der Waals surface area contributed by atoms with Crippen molar-refractivity contribution in [2.45, 2.75) is 20.8 Å². The largest absolute Gasteiger partial charge is 0.210 e. The van der Waals surface area contributed by atoms with Crippen molar-refractivity contribution in [3.63, 3.8) is 0 Å². The highest BCUT2D eigenvalue weighted by molar-refractivity contribution is 7.71. The van der Waals surface area contributed by atoms with Gasteiger partial charge in [0.15, 0.2) is 0 Å². The van der Waals surface area contributed by atoms with E-state index < -0.39 is 10.3 Å². The molecular formula is C5H10O2S. The summed E-state index contributed by atoms with van der Waals surface area (Å²) in [6.45, 7) is 5.51. The molecule has 8 heavy (non-hydrogen) atoms. The van der Waals surface area contributed by atoms with Crippen LogP contribution < -0.4 is 0 Å². The summed E-state index contributed by atoms with van der Waals surface area (Å²) in [5, 5.41) is 1.27. The maximum absolute atomic E-state index is 9.96. The summed E-state index contributed by atoms with van der Waals surface area (Å²) in [4.78, 5) is 0. The Balaban J connectivity index is 4.34. The fraction of sp³-hybridized carbons (Fsp3) is 0.800. The monoisotopic (exact) mass is 134 g/mol. The molecule has 0 aliphatic heterocycles. The first-order valence-electron chi connectivity index (χ1n) is 2.36. The Labute approximate surface area is 51.1 Å². The second kappa shape index (κ2) is 2.31. The number of hydrogen-bond donors (Lipinski definition) is 0. The van der Waals surface area contributed by atoms with Gasteiger partial charge in [0.1, 0.15) is 0 Å². The van der Waals surface area contributed by atoms with Crippen LogP contribution in [0.3, 0.4) is 0 Å². The lowest BCUT2D eigenvalue weighted by atomic mass is 10.0. The summed E-state index contributed by atoms with van der Waals surface area (Å²) < 4.78 is 19.9. The van der Waals surface area contributed by atoms with Gasteiger partial charge in [0.25, 0.3) is 0 Å². The highest BCUT2D eigenvalue weighted by Gasteiger charge is 2.04. The van der Waals surface area contributed by atoms with Crippen LogP contribution in [-0.4, -0.2) is 13.8 Å². The standard InChI is InChI=1S/C5H10O2S/c1-5(2,3)4-8(6)7/h4H,1-3H3. The van der Waals surface area contributed by atoms with Crippen LogP contribution >= 0.6 is 0 Å². The van der Waals surface area contributed by atoms with Gasteiger partial charge in [-0.3, -0.25) is 0 Å². The summed E-state index contributed by atoms with van der Waals surface area (Å²) >= 11 is 0. The summed E-state index contributed by atoms with van der Waals surface area (Å²) in [6, 6.07) is 0. The summed E-state index contributed by atoms with van der Waals surface area (Å²) in [7, 11) is -2.01. The van der Waals surface area contributed by atoms with Crippen LogP contribution in [0.2, 0.25) is 0 Å². The SMILES string of the molecule is CC(C)(C)C=S(=O)=O. The number of hydrogen-bond acceptors (Lipinski definition) is 2. The molecule has 0 heterocycles. The molecule has 0 saturated carbocycles. The van der Waals surface area contributed by atoms with Gasteiger partial charge in [0.2, 0.25) is 10.3 Å². The van der Waals surface area contributed by atoms with Crippen LogP contribution in [0, 0.1) is 5.41 Å². The smallest absolute Gasteiger partial charge is 0.185 e. The maximum atomic E-state index is 9.96. The molecule has 0 atom stereocenters. The molecule has 0 bridgehead atoms. The second-order valence-corrected chi connectivity index (χ2v) is 3.50. The predicted molar refractivity (Wildman–Crippen MR) is 34.4 cm³/mol. The van der Waals surface area contributed by atoms with Crippen molar-refractivity contribution in [3.05, 3.63) is 0 Å². The van der Waals surface area contributed by atoms with Crippen molar-refractivity contribution < 1.29 is 8.42 Å². The average molecular weight is 134 g/mol. The molecule has 0 aliphatic carbocycles. The first kappa shape index (κ1) is 7.69. The number of rotatable bonds is 0. The molecule has 0 aromatic rings. The average Bonchev–Trinajstić information content (AvgIpc) is 1.21. The molecule has 0 radical (unpaired) electrons. The van der Waals surface area contributed by atoms with Crippen LogP contribution in [0.4, 0.5) is 0 Å². The molecule has 0 rings (SSSR count). The van der Waals surface area contributed by atoms with Crippen molar-refractivity contribution in [1.82, 2.24) is 0 Å². The van der Waals surface area contributed by atoms with Gasteiger partial charge in [0, 0.05) is 5.37 Å². The molecule has 0 spiro atoms. The molecule has 0 fully saturated rings. The minimum absolute atomic E-state index is 0.216. The zero-order valence-corrected chi connectivity index (χ0v) is 6.12. The lowest BCUT2D eigenvalue weighted by molar-refractivity contribution is 0.603. The molecule has 0 unspecified atom stereocenters. The van der Waals surface area contributed by atoms with Crippen LogP contribution in [0.1, 0.15) is 20.8 Å². The third-order valence-electron chi connectivity index (χ3n) is 0.450. The summed E-state index contributed by atoms with van der Waals surface area (Å²) in [5.74, 6) is 0. The van der Waals surface area contributed by atoms with Gasteiger partial charge in [0.05, 0.1) is 0 Å². The van der Waals surface area contributed by atoms with Crippen LogP contribution in [0.15, 0.2) is 0 Å². The quantitative estimate of drug-likeness (QED) is 0.457. The molecule has 0 aromatic carbocycles. The molecule has 48 valence electrons. The lowest BCUT2D eigenvalue weighted by Crippen LogP contribution is -2.06. The van der Waals surface area contributed by atoms with Crippen LogP contribution in [0.5, 0.6) is 0 Å². The van der Waals surface area contributed by atoms with Gasteiger partial charge >= 0.3 is 0 Å². The normalized spacial score (nSPS) is 10.9. The van der Waals surface area contributed by atoms with Gasteiger partial charge in [-0.25, -0.2) is 0 Å². The van der Waals surface area contributed by atoms with E-state index in [4.69, 9.17) is 0 Å². The molecule has 0 amide bonds. The third kappa shape index (κ3) is 5.69. The molecule has 0 saturated heterocycles. The van der Waals surface area contributed by atoms with Crippen LogP contribution in [0.25, 0.3) is 0 Å². The summed E-state index contributed by atoms with van der Waals surface area (Å²) in [5.41, 5.74) is -0.216. The Hall–Kier alpha value is -0.310. The zero-order chi connectivity index (χ0) is 6.78. The third-order valence-corrected chi connectivity index (χ3v) is 1.35. The van der Waals surface area contributed by atoms with Crippen molar-refractivity contribution >= 4 is 15.7 Å². The fourth-order valence-corrected chi connectivity index (χ4v) is 0.866. The molecular weight excluding hydrogens is 124 g/mol. The van der Waals surface area contributed by atoms with Crippen molar-refractivity contribution in [1.29, 1.82) is 0 Å². The Bertz CT molecular complexity index is 173. The van der Waals surface area contributed by atoms with E-state index in [0.29, 0.717) is 0 Å². The Morgan fingerprint density at radius 2 is 1.62 bits per heavy atom. The van der Waals surface area contributed by atoms with Gasteiger partial charge in [-0.2, -0.15) is 8.42 Å². The van der Waals surface area contributed by atoms with E-state index in [9.17, 15) is 8.42 Å². The van der Waals surface area contributed by atoms with Crippen molar-refractivity contribution in [3.8, 4) is 0 Å². The van der Waals surface area contributed by atoms with E-state index in [-0.39, 0.29) is 5.41 Å². The zero-order valence-electron chi connectivity index (χ0n) is 5.30. The molecule has 3 heteroatoms. The van der Waals surface area contributed by atoms with E-state index >= 15 is 0 Å². The fourth-order valence-electron chi connectivity index (χ4n) is 0.289. The molecule has 0 aliphatic rings. The molecule has 2 nitrogen and oxygen atoms in total. The van der Waals surface area contributed by atoms with E-state index in [0.717, 1.165) is 0 Å². The Kier molecular flexibility index (Phi) is 2.22. The molecule has 0 N–H and O–H groups in total. The second-order valence-electron chi connectivity index (χ2n) is 2.74.